The first kappa shape index (κ1) is 17.5. The highest BCUT2D eigenvalue weighted by Crippen LogP contribution is 2.35. The van der Waals surface area contributed by atoms with Gasteiger partial charge in [0.15, 0.2) is 12.4 Å². The molecule has 0 unspecified atom stereocenters. The Bertz CT molecular complexity index is 758. The molecule has 25 heavy (non-hydrogen) atoms. The fourth-order valence-electron chi connectivity index (χ4n) is 2.82. The summed E-state index contributed by atoms with van der Waals surface area (Å²) in [4.78, 5) is 25.1. The Morgan fingerprint density at radius 1 is 1.16 bits per heavy atom. The highest BCUT2D eigenvalue weighted by atomic mass is 32.2. The second-order valence-electron chi connectivity index (χ2n) is 5.88. The predicted molar refractivity (Wildman–Crippen MR) is 99.2 cm³/mol. The molecule has 1 amide bonds. The Kier molecular flexibility index (Phi) is 5.76. The fourth-order valence-corrected chi connectivity index (χ4v) is 3.94. The highest BCUT2D eigenvalue weighted by molar-refractivity contribution is 7.99. The number of rotatable bonds is 6. The van der Waals surface area contributed by atoms with Crippen LogP contribution < -0.4 is 10.1 Å². The summed E-state index contributed by atoms with van der Waals surface area (Å²) in [5.74, 6) is 1.54. The number of amides is 1. The number of ketones is 1. The van der Waals surface area contributed by atoms with Gasteiger partial charge in [-0.2, -0.15) is 0 Å². The van der Waals surface area contributed by atoms with E-state index in [1.165, 1.54) is 10.5 Å². The molecule has 0 aromatic heterocycles. The number of carbonyl (C=O) groups excluding carboxylic acids is 2. The largest absolute Gasteiger partial charge is 0.484 e. The molecule has 0 radical (unpaired) electrons. The third-order valence-electron chi connectivity index (χ3n) is 4.16. The minimum atomic E-state index is -0.139. The van der Waals surface area contributed by atoms with Crippen molar-refractivity contribution in [3.05, 3.63) is 59.7 Å². The third-order valence-corrected chi connectivity index (χ3v) is 5.28. The van der Waals surface area contributed by atoms with Crippen LogP contribution >= 0.6 is 11.8 Å². The van der Waals surface area contributed by atoms with Crippen LogP contribution in [0.3, 0.4) is 0 Å². The van der Waals surface area contributed by atoms with Crippen molar-refractivity contribution in [2.45, 2.75) is 30.7 Å². The lowest BCUT2D eigenvalue weighted by atomic mass is 10.0. The molecular weight excluding hydrogens is 334 g/mol. The predicted octanol–water partition coefficient (Wildman–Crippen LogP) is 4.01. The fraction of sp³-hybridized carbons (Fsp3) is 0.300. The van der Waals surface area contributed by atoms with Crippen LogP contribution in [-0.4, -0.2) is 24.1 Å². The minimum absolute atomic E-state index is 0.0348. The second kappa shape index (κ2) is 8.21. The van der Waals surface area contributed by atoms with Crippen molar-refractivity contribution in [1.29, 1.82) is 0 Å². The molecule has 1 aliphatic heterocycles. The Hall–Kier alpha value is -2.27. The van der Waals surface area contributed by atoms with Gasteiger partial charge in [-0.05, 0) is 42.3 Å². The number of hydrogen-bond donors (Lipinski definition) is 1. The van der Waals surface area contributed by atoms with Gasteiger partial charge in [0.2, 0.25) is 0 Å². The van der Waals surface area contributed by atoms with Crippen molar-refractivity contribution >= 4 is 23.5 Å². The van der Waals surface area contributed by atoms with Crippen LogP contribution in [0.1, 0.15) is 41.7 Å². The summed E-state index contributed by atoms with van der Waals surface area (Å²) in [5.41, 5.74) is 1.84. The van der Waals surface area contributed by atoms with Crippen molar-refractivity contribution in [2.24, 2.45) is 0 Å². The summed E-state index contributed by atoms with van der Waals surface area (Å²) < 4.78 is 5.54. The Labute approximate surface area is 152 Å². The lowest BCUT2D eigenvalue weighted by molar-refractivity contribution is -0.123. The molecular formula is C20H21NO3S. The molecule has 1 atom stereocenters. The lowest BCUT2D eigenvalue weighted by Gasteiger charge is -2.25. The van der Waals surface area contributed by atoms with E-state index >= 15 is 0 Å². The molecule has 2 aromatic rings. The van der Waals surface area contributed by atoms with Crippen LogP contribution in [0.2, 0.25) is 0 Å². The van der Waals surface area contributed by atoms with Gasteiger partial charge in [-0.15, -0.1) is 11.8 Å². The van der Waals surface area contributed by atoms with E-state index in [2.05, 4.69) is 17.4 Å². The summed E-state index contributed by atoms with van der Waals surface area (Å²) in [7, 11) is 0. The highest BCUT2D eigenvalue weighted by Gasteiger charge is 2.21. The molecule has 2 aromatic carbocycles. The lowest BCUT2D eigenvalue weighted by Crippen LogP contribution is -2.34. The van der Waals surface area contributed by atoms with Gasteiger partial charge in [0.25, 0.3) is 5.91 Å². The maximum atomic E-state index is 12.2. The van der Waals surface area contributed by atoms with Gasteiger partial charge in [0, 0.05) is 22.6 Å². The van der Waals surface area contributed by atoms with E-state index in [1.54, 1.807) is 24.3 Å². The molecule has 5 heteroatoms. The molecule has 0 spiro atoms. The molecule has 0 fully saturated rings. The van der Waals surface area contributed by atoms with Gasteiger partial charge < -0.3 is 10.1 Å². The zero-order valence-electron chi connectivity index (χ0n) is 14.2. The molecule has 0 aliphatic carbocycles. The molecule has 0 bridgehead atoms. The number of Topliss-reactive ketones (excluding diaryl/α,β-unsaturated/α-hetero) is 1. The van der Waals surface area contributed by atoms with Crippen LogP contribution in [0.15, 0.2) is 53.4 Å². The third kappa shape index (κ3) is 4.42. The van der Waals surface area contributed by atoms with Gasteiger partial charge in [0.1, 0.15) is 5.75 Å². The summed E-state index contributed by atoms with van der Waals surface area (Å²) >= 11 is 1.83. The van der Waals surface area contributed by atoms with Gasteiger partial charge in [-0.1, -0.05) is 25.1 Å². The average Bonchev–Trinajstić information content (AvgIpc) is 2.66. The van der Waals surface area contributed by atoms with E-state index in [1.807, 2.05) is 30.8 Å². The van der Waals surface area contributed by atoms with Crippen LogP contribution in [-0.2, 0) is 4.79 Å². The molecule has 4 nitrogen and oxygen atoms in total. The van der Waals surface area contributed by atoms with E-state index in [0.717, 1.165) is 12.2 Å². The first-order valence-corrected chi connectivity index (χ1v) is 9.43. The van der Waals surface area contributed by atoms with Gasteiger partial charge in [-0.3, -0.25) is 9.59 Å². The number of carbonyl (C=O) groups is 2. The second-order valence-corrected chi connectivity index (χ2v) is 7.02. The summed E-state index contributed by atoms with van der Waals surface area (Å²) in [6.45, 7) is 1.80. The Morgan fingerprint density at radius 2 is 1.92 bits per heavy atom. The average molecular weight is 355 g/mol. The summed E-state index contributed by atoms with van der Waals surface area (Å²) in [6, 6.07) is 15.1. The topological polar surface area (TPSA) is 55.4 Å². The smallest absolute Gasteiger partial charge is 0.258 e. The molecule has 0 saturated carbocycles. The molecule has 3 rings (SSSR count). The maximum Gasteiger partial charge on any atom is 0.258 e. The number of fused-ring (bicyclic) bond motifs is 1. The van der Waals surface area contributed by atoms with E-state index in [0.29, 0.717) is 17.7 Å². The number of nitrogens with one attached hydrogen (secondary N) is 1. The maximum absolute atomic E-state index is 12.2. The van der Waals surface area contributed by atoms with Gasteiger partial charge in [0.05, 0.1) is 6.04 Å². The van der Waals surface area contributed by atoms with Crippen LogP contribution in [0.5, 0.6) is 5.75 Å². The van der Waals surface area contributed by atoms with Crippen LogP contribution in [0.4, 0.5) is 0 Å². The van der Waals surface area contributed by atoms with Crippen LogP contribution in [0, 0.1) is 0 Å². The standard InChI is InChI=1S/C20H21NO3S/c1-2-18(22)14-7-9-15(10-8-14)24-13-20(23)21-17-11-12-25-19-6-4-3-5-16(17)19/h3-10,17H,2,11-13H2,1H3,(H,21,23)/t17-/m1/s1. The van der Waals surface area contributed by atoms with Gasteiger partial charge >= 0.3 is 0 Å². The number of ether oxygens (including phenoxy) is 1. The zero-order valence-corrected chi connectivity index (χ0v) is 15.0. The van der Waals surface area contributed by atoms with E-state index in [4.69, 9.17) is 4.74 Å². The monoisotopic (exact) mass is 355 g/mol. The molecule has 1 N–H and O–H groups in total. The van der Waals surface area contributed by atoms with E-state index in [-0.39, 0.29) is 24.3 Å². The summed E-state index contributed by atoms with van der Waals surface area (Å²) in [5, 5.41) is 3.05. The van der Waals surface area contributed by atoms with Crippen molar-refractivity contribution in [3.63, 3.8) is 0 Å². The SMILES string of the molecule is CCC(=O)c1ccc(OCC(=O)N[C@@H]2CCSc3ccccc32)cc1. The van der Waals surface area contributed by atoms with Crippen molar-refractivity contribution in [3.8, 4) is 5.75 Å². The van der Waals surface area contributed by atoms with Crippen molar-refractivity contribution in [1.82, 2.24) is 5.32 Å². The molecule has 130 valence electrons. The minimum Gasteiger partial charge on any atom is -0.484 e. The zero-order chi connectivity index (χ0) is 17.6. The van der Waals surface area contributed by atoms with Gasteiger partial charge in [-0.25, -0.2) is 0 Å². The first-order chi connectivity index (χ1) is 12.2. The van der Waals surface area contributed by atoms with E-state index < -0.39 is 0 Å². The molecule has 1 heterocycles. The van der Waals surface area contributed by atoms with Crippen molar-refractivity contribution < 1.29 is 14.3 Å². The number of benzene rings is 2. The molecule has 1 aliphatic rings. The summed E-state index contributed by atoms with van der Waals surface area (Å²) in [6.07, 6.45) is 1.39. The Balaban J connectivity index is 1.54. The quantitative estimate of drug-likeness (QED) is 0.796. The van der Waals surface area contributed by atoms with Crippen molar-refractivity contribution in [2.75, 3.05) is 12.4 Å². The number of hydrogen-bond acceptors (Lipinski definition) is 4. The normalized spacial score (nSPS) is 16.0. The molecule has 0 saturated heterocycles. The van der Waals surface area contributed by atoms with Crippen LogP contribution in [0.25, 0.3) is 0 Å². The Morgan fingerprint density at radius 3 is 2.68 bits per heavy atom. The number of thioether (sulfide) groups is 1. The van der Waals surface area contributed by atoms with E-state index in [9.17, 15) is 9.59 Å². The first-order valence-electron chi connectivity index (χ1n) is 8.44.